The van der Waals surface area contributed by atoms with Gasteiger partial charge in [-0.15, -0.1) is 11.3 Å². The molecule has 0 spiro atoms. The molecule has 23 heavy (non-hydrogen) atoms. The summed E-state index contributed by atoms with van der Waals surface area (Å²) in [6.07, 6.45) is 3.80. The summed E-state index contributed by atoms with van der Waals surface area (Å²) in [5.74, 6) is 0.410. The number of benzene rings is 2. The Bertz CT molecular complexity index is 791. The highest BCUT2D eigenvalue weighted by molar-refractivity contribution is 7.10. The van der Waals surface area contributed by atoms with Gasteiger partial charge in [0.05, 0.1) is 6.04 Å². The fourth-order valence-corrected chi connectivity index (χ4v) is 4.57. The number of rotatable bonds is 3. The summed E-state index contributed by atoms with van der Waals surface area (Å²) < 4.78 is 0. The monoisotopic (exact) mass is 323 g/mol. The van der Waals surface area contributed by atoms with Gasteiger partial charge >= 0.3 is 0 Å². The molecule has 1 aliphatic heterocycles. The quantitative estimate of drug-likeness (QED) is 0.717. The van der Waals surface area contributed by atoms with Crippen LogP contribution in [0.4, 0.5) is 0 Å². The van der Waals surface area contributed by atoms with Crippen LogP contribution in [-0.2, 0) is 0 Å². The first kappa shape index (κ1) is 14.7. The van der Waals surface area contributed by atoms with E-state index in [2.05, 4.69) is 46.7 Å². The van der Waals surface area contributed by atoms with Crippen molar-refractivity contribution in [2.24, 2.45) is 0 Å². The number of aromatic hydroxyl groups is 1. The maximum atomic E-state index is 10.7. The van der Waals surface area contributed by atoms with Crippen molar-refractivity contribution in [3.63, 3.8) is 0 Å². The zero-order valence-electron chi connectivity index (χ0n) is 13.1. The number of phenolic OH excluding ortho intramolecular Hbond substituents is 1. The SMILES string of the molecule is Oc1ccc2ccccc2c1[C@@H](c1cccs1)N1CCCCC1. The zero-order chi connectivity index (χ0) is 15.6. The molecule has 0 saturated carbocycles. The van der Waals surface area contributed by atoms with E-state index < -0.39 is 0 Å². The first-order valence-electron chi connectivity index (χ1n) is 8.32. The predicted molar refractivity (Wildman–Crippen MR) is 97.2 cm³/mol. The van der Waals surface area contributed by atoms with Crippen LogP contribution in [0, 0.1) is 0 Å². The molecule has 0 unspecified atom stereocenters. The van der Waals surface area contributed by atoms with Gasteiger partial charge in [0.15, 0.2) is 0 Å². The van der Waals surface area contributed by atoms with E-state index in [1.807, 2.05) is 12.1 Å². The average Bonchev–Trinajstić information content (AvgIpc) is 3.12. The number of fused-ring (bicyclic) bond motifs is 1. The van der Waals surface area contributed by atoms with Crippen molar-refractivity contribution in [2.45, 2.75) is 25.3 Å². The third-order valence-corrected chi connectivity index (χ3v) is 5.71. The smallest absolute Gasteiger partial charge is 0.121 e. The van der Waals surface area contributed by atoms with Gasteiger partial charge in [-0.25, -0.2) is 0 Å². The minimum Gasteiger partial charge on any atom is -0.508 e. The van der Waals surface area contributed by atoms with Crippen molar-refractivity contribution in [1.82, 2.24) is 4.90 Å². The standard InChI is InChI=1S/C20H21NOS/c22-17-11-10-15-7-2-3-8-16(15)19(17)20(18-9-6-14-23-18)21-12-4-1-5-13-21/h2-3,6-11,14,20,22H,1,4-5,12-13H2/t20-/m1/s1. The summed E-state index contributed by atoms with van der Waals surface area (Å²) in [5.41, 5.74) is 1.06. The van der Waals surface area contributed by atoms with E-state index in [1.54, 1.807) is 11.3 Å². The van der Waals surface area contributed by atoms with Crippen molar-refractivity contribution in [3.05, 3.63) is 64.4 Å². The molecule has 2 nitrogen and oxygen atoms in total. The average molecular weight is 323 g/mol. The van der Waals surface area contributed by atoms with Crippen LogP contribution in [0.25, 0.3) is 10.8 Å². The molecular weight excluding hydrogens is 302 g/mol. The van der Waals surface area contributed by atoms with E-state index in [9.17, 15) is 5.11 Å². The molecule has 0 amide bonds. The molecule has 1 atom stereocenters. The van der Waals surface area contributed by atoms with Gasteiger partial charge in [-0.05, 0) is 54.2 Å². The lowest BCUT2D eigenvalue weighted by Gasteiger charge is -2.35. The van der Waals surface area contributed by atoms with Crippen LogP contribution >= 0.6 is 11.3 Å². The molecule has 0 aliphatic carbocycles. The molecular formula is C20H21NOS. The largest absolute Gasteiger partial charge is 0.508 e. The summed E-state index contributed by atoms with van der Waals surface area (Å²) in [4.78, 5) is 3.86. The molecule has 1 aliphatic rings. The number of hydrogen-bond acceptors (Lipinski definition) is 3. The first-order valence-corrected chi connectivity index (χ1v) is 9.20. The fraction of sp³-hybridized carbons (Fsp3) is 0.300. The second kappa shape index (κ2) is 6.34. The summed E-state index contributed by atoms with van der Waals surface area (Å²) >= 11 is 1.78. The third kappa shape index (κ3) is 2.75. The second-order valence-corrected chi connectivity index (χ2v) is 7.21. The summed E-state index contributed by atoms with van der Waals surface area (Å²) in [7, 11) is 0. The van der Waals surface area contributed by atoms with E-state index in [0.29, 0.717) is 5.75 Å². The van der Waals surface area contributed by atoms with Crippen molar-refractivity contribution in [3.8, 4) is 5.75 Å². The predicted octanol–water partition coefficient (Wildman–Crippen LogP) is 5.18. The molecule has 1 saturated heterocycles. The highest BCUT2D eigenvalue weighted by Gasteiger charge is 2.28. The molecule has 1 aromatic heterocycles. The molecule has 3 heteroatoms. The normalized spacial score (nSPS) is 17.4. The number of likely N-dealkylation sites (tertiary alicyclic amines) is 1. The van der Waals surface area contributed by atoms with E-state index in [4.69, 9.17) is 0 Å². The molecule has 4 rings (SSSR count). The molecule has 3 aromatic rings. The lowest BCUT2D eigenvalue weighted by Crippen LogP contribution is -2.34. The Balaban J connectivity index is 1.91. The first-order chi connectivity index (χ1) is 11.3. The fourth-order valence-electron chi connectivity index (χ4n) is 3.70. The highest BCUT2D eigenvalue weighted by Crippen LogP contribution is 2.41. The Morgan fingerprint density at radius 3 is 2.52 bits per heavy atom. The molecule has 118 valence electrons. The number of piperidine rings is 1. The van der Waals surface area contributed by atoms with E-state index in [0.717, 1.165) is 24.0 Å². The Labute approximate surface area is 141 Å². The van der Waals surface area contributed by atoms with Crippen LogP contribution in [-0.4, -0.2) is 23.1 Å². The molecule has 2 heterocycles. The van der Waals surface area contributed by atoms with E-state index in [1.165, 1.54) is 29.5 Å². The minimum absolute atomic E-state index is 0.154. The summed E-state index contributed by atoms with van der Waals surface area (Å²) in [5, 5.41) is 15.2. The molecule has 2 aromatic carbocycles. The number of phenols is 1. The van der Waals surface area contributed by atoms with Crippen LogP contribution < -0.4 is 0 Å². The Hall–Kier alpha value is -1.84. The van der Waals surface area contributed by atoms with Gasteiger partial charge < -0.3 is 5.11 Å². The van der Waals surface area contributed by atoms with Gasteiger partial charge in [0, 0.05) is 10.4 Å². The lowest BCUT2D eigenvalue weighted by molar-refractivity contribution is 0.188. The van der Waals surface area contributed by atoms with Gasteiger partial charge in [-0.2, -0.15) is 0 Å². The number of nitrogens with zero attached hydrogens (tertiary/aromatic N) is 1. The highest BCUT2D eigenvalue weighted by atomic mass is 32.1. The Kier molecular flexibility index (Phi) is 4.06. The third-order valence-electron chi connectivity index (χ3n) is 4.79. The van der Waals surface area contributed by atoms with Crippen LogP contribution in [0.5, 0.6) is 5.75 Å². The van der Waals surface area contributed by atoms with Crippen LogP contribution in [0.15, 0.2) is 53.9 Å². The van der Waals surface area contributed by atoms with Gasteiger partial charge in [-0.3, -0.25) is 4.90 Å². The molecule has 1 fully saturated rings. The summed E-state index contributed by atoms with van der Waals surface area (Å²) in [6.45, 7) is 2.20. The van der Waals surface area contributed by atoms with E-state index in [-0.39, 0.29) is 6.04 Å². The van der Waals surface area contributed by atoms with Crippen molar-refractivity contribution < 1.29 is 5.11 Å². The van der Waals surface area contributed by atoms with E-state index >= 15 is 0 Å². The Morgan fingerprint density at radius 1 is 0.913 bits per heavy atom. The molecule has 0 bridgehead atoms. The Morgan fingerprint density at radius 2 is 1.74 bits per heavy atom. The van der Waals surface area contributed by atoms with Crippen LogP contribution in [0.3, 0.4) is 0 Å². The molecule has 1 N–H and O–H groups in total. The second-order valence-electron chi connectivity index (χ2n) is 6.23. The maximum Gasteiger partial charge on any atom is 0.121 e. The number of hydrogen-bond donors (Lipinski definition) is 1. The topological polar surface area (TPSA) is 23.5 Å². The summed E-state index contributed by atoms with van der Waals surface area (Å²) in [6, 6.07) is 16.7. The van der Waals surface area contributed by atoms with Gasteiger partial charge in [0.2, 0.25) is 0 Å². The number of thiophene rings is 1. The van der Waals surface area contributed by atoms with Crippen LogP contribution in [0.2, 0.25) is 0 Å². The minimum atomic E-state index is 0.154. The van der Waals surface area contributed by atoms with Crippen molar-refractivity contribution in [1.29, 1.82) is 0 Å². The lowest BCUT2D eigenvalue weighted by atomic mass is 9.94. The van der Waals surface area contributed by atoms with Gasteiger partial charge in [0.1, 0.15) is 5.75 Å². The van der Waals surface area contributed by atoms with Crippen molar-refractivity contribution in [2.75, 3.05) is 13.1 Å². The molecule has 0 radical (unpaired) electrons. The maximum absolute atomic E-state index is 10.7. The van der Waals surface area contributed by atoms with Gasteiger partial charge in [0.25, 0.3) is 0 Å². The van der Waals surface area contributed by atoms with Crippen molar-refractivity contribution >= 4 is 22.1 Å². The zero-order valence-corrected chi connectivity index (χ0v) is 13.9. The van der Waals surface area contributed by atoms with Gasteiger partial charge in [-0.1, -0.05) is 42.8 Å². The van der Waals surface area contributed by atoms with Crippen LogP contribution in [0.1, 0.15) is 35.7 Å².